The van der Waals surface area contributed by atoms with Crippen molar-refractivity contribution in [3.05, 3.63) is 72.8 Å². The first-order valence-electron chi connectivity index (χ1n) is 6.81. The highest BCUT2D eigenvalue weighted by Gasteiger charge is 2.07. The first kappa shape index (κ1) is 13.3. The van der Waals surface area contributed by atoms with E-state index in [2.05, 4.69) is 24.3 Å². The van der Waals surface area contributed by atoms with Gasteiger partial charge in [0.1, 0.15) is 11.5 Å². The van der Waals surface area contributed by atoms with Crippen LogP contribution in [-0.4, -0.2) is 12.2 Å². The maximum atomic E-state index is 10.2. The average Bonchev–Trinajstić information content (AvgIpc) is 2.55. The van der Waals surface area contributed by atoms with Crippen molar-refractivity contribution in [1.82, 2.24) is 0 Å². The molecule has 2 nitrogen and oxygen atoms in total. The Morgan fingerprint density at radius 1 is 0.714 bits per heavy atom. The van der Waals surface area contributed by atoms with E-state index in [0.717, 1.165) is 22.3 Å². The Bertz CT molecular complexity index is 749. The summed E-state index contributed by atoms with van der Waals surface area (Å²) in [6.07, 6.45) is 0. The molecule has 104 valence electrons. The quantitative estimate of drug-likeness (QED) is 0.749. The third-order valence-corrected chi connectivity index (χ3v) is 3.49. The minimum absolute atomic E-state index is 0.222. The lowest BCUT2D eigenvalue weighted by atomic mass is 9.98. The molecule has 2 heteroatoms. The van der Waals surface area contributed by atoms with Gasteiger partial charge >= 0.3 is 0 Å². The van der Waals surface area contributed by atoms with Crippen LogP contribution in [0.15, 0.2) is 72.8 Å². The summed E-state index contributed by atoms with van der Waals surface area (Å²) in [4.78, 5) is 0. The summed E-state index contributed by atoms with van der Waals surface area (Å²) in [5.41, 5.74) is 4.07. The lowest BCUT2D eigenvalue weighted by Gasteiger charge is -2.09. The van der Waals surface area contributed by atoms with Crippen LogP contribution >= 0.6 is 0 Å². The third-order valence-electron chi connectivity index (χ3n) is 3.49. The van der Waals surface area contributed by atoms with Gasteiger partial charge in [0.25, 0.3) is 0 Å². The average molecular weight is 276 g/mol. The van der Waals surface area contributed by atoms with Crippen LogP contribution in [0.1, 0.15) is 0 Å². The smallest absolute Gasteiger partial charge is 0.127 e. The molecule has 0 atom stereocenters. The summed E-state index contributed by atoms with van der Waals surface area (Å²) < 4.78 is 5.12. The fourth-order valence-corrected chi connectivity index (χ4v) is 2.38. The zero-order valence-corrected chi connectivity index (χ0v) is 11.8. The van der Waals surface area contributed by atoms with E-state index in [0.29, 0.717) is 5.75 Å². The maximum Gasteiger partial charge on any atom is 0.127 e. The van der Waals surface area contributed by atoms with Crippen LogP contribution in [0.25, 0.3) is 22.3 Å². The second kappa shape index (κ2) is 5.71. The molecule has 0 saturated carbocycles. The van der Waals surface area contributed by atoms with Crippen LogP contribution in [0.3, 0.4) is 0 Å². The summed E-state index contributed by atoms with van der Waals surface area (Å²) in [7, 11) is 1.59. The van der Waals surface area contributed by atoms with Gasteiger partial charge in [-0.2, -0.15) is 0 Å². The largest absolute Gasteiger partial charge is 0.507 e. The lowest BCUT2D eigenvalue weighted by Crippen LogP contribution is -1.85. The molecule has 3 aromatic rings. The fourth-order valence-electron chi connectivity index (χ4n) is 2.38. The van der Waals surface area contributed by atoms with E-state index in [9.17, 15) is 5.11 Å². The molecule has 3 rings (SSSR count). The number of phenols is 1. The van der Waals surface area contributed by atoms with Gasteiger partial charge in [0.2, 0.25) is 0 Å². The van der Waals surface area contributed by atoms with Crippen LogP contribution in [0.5, 0.6) is 11.5 Å². The molecule has 0 spiro atoms. The Balaban J connectivity index is 2.04. The monoisotopic (exact) mass is 276 g/mol. The van der Waals surface area contributed by atoms with Gasteiger partial charge in [-0.3, -0.25) is 0 Å². The lowest BCUT2D eigenvalue weighted by molar-refractivity contribution is 0.408. The summed E-state index contributed by atoms with van der Waals surface area (Å²) >= 11 is 0. The normalized spacial score (nSPS) is 10.3. The Hall–Kier alpha value is -2.74. The minimum atomic E-state index is 0.222. The van der Waals surface area contributed by atoms with E-state index in [1.165, 1.54) is 0 Å². The summed E-state index contributed by atoms with van der Waals surface area (Å²) in [5.74, 6) is 0.870. The van der Waals surface area contributed by atoms with E-state index in [1.54, 1.807) is 13.2 Å². The molecule has 0 radical (unpaired) electrons. The fraction of sp³-hybridized carbons (Fsp3) is 0.0526. The summed E-state index contributed by atoms with van der Waals surface area (Å²) in [5, 5.41) is 10.2. The van der Waals surface area contributed by atoms with Gasteiger partial charge in [0.15, 0.2) is 0 Å². The van der Waals surface area contributed by atoms with Gasteiger partial charge < -0.3 is 9.84 Å². The molecule has 1 N–H and O–H groups in total. The first-order chi connectivity index (χ1) is 10.3. The van der Waals surface area contributed by atoms with Gasteiger partial charge in [0.05, 0.1) is 7.11 Å². The van der Waals surface area contributed by atoms with Crippen LogP contribution in [0, 0.1) is 0 Å². The predicted octanol–water partition coefficient (Wildman–Crippen LogP) is 4.73. The molecule has 0 unspecified atom stereocenters. The van der Waals surface area contributed by atoms with E-state index in [4.69, 9.17) is 4.74 Å². The highest BCUT2D eigenvalue weighted by Crippen LogP contribution is 2.34. The Labute approximate surface area is 124 Å². The second-order valence-corrected chi connectivity index (χ2v) is 4.83. The Morgan fingerprint density at radius 2 is 1.43 bits per heavy atom. The highest BCUT2D eigenvalue weighted by atomic mass is 16.5. The van der Waals surface area contributed by atoms with Crippen molar-refractivity contribution in [2.24, 2.45) is 0 Å². The van der Waals surface area contributed by atoms with Crippen molar-refractivity contribution >= 4 is 0 Å². The highest BCUT2D eigenvalue weighted by molar-refractivity contribution is 5.76. The number of ether oxygens (including phenoxy) is 1. The molecule has 0 saturated heterocycles. The number of rotatable bonds is 3. The van der Waals surface area contributed by atoms with Gasteiger partial charge in [-0.15, -0.1) is 0 Å². The van der Waals surface area contributed by atoms with Gasteiger partial charge in [-0.1, -0.05) is 48.5 Å². The van der Waals surface area contributed by atoms with Crippen molar-refractivity contribution in [1.29, 1.82) is 0 Å². The SMILES string of the molecule is COc1ccc(-c2cccc(-c3ccccc3)c2)c(O)c1. The van der Waals surface area contributed by atoms with Crippen molar-refractivity contribution in [2.75, 3.05) is 7.11 Å². The van der Waals surface area contributed by atoms with Crippen LogP contribution < -0.4 is 4.74 Å². The molecule has 0 aliphatic carbocycles. The maximum absolute atomic E-state index is 10.2. The number of benzene rings is 3. The number of phenolic OH excluding ortho intramolecular Hbond substituents is 1. The number of aromatic hydroxyl groups is 1. The van der Waals surface area contributed by atoms with Crippen molar-refractivity contribution in [3.8, 4) is 33.8 Å². The molecule has 21 heavy (non-hydrogen) atoms. The minimum Gasteiger partial charge on any atom is -0.507 e. The summed E-state index contributed by atoms with van der Waals surface area (Å²) in [6.45, 7) is 0. The molecule has 0 heterocycles. The van der Waals surface area contributed by atoms with Gasteiger partial charge in [0, 0.05) is 11.6 Å². The first-order valence-corrected chi connectivity index (χ1v) is 6.81. The molecular weight excluding hydrogens is 260 g/mol. The number of hydrogen-bond acceptors (Lipinski definition) is 2. The molecule has 0 aromatic heterocycles. The molecule has 3 aromatic carbocycles. The zero-order chi connectivity index (χ0) is 14.7. The zero-order valence-electron chi connectivity index (χ0n) is 11.8. The molecule has 0 aliphatic heterocycles. The van der Waals surface area contributed by atoms with Gasteiger partial charge in [-0.05, 0) is 34.9 Å². The Kier molecular flexibility index (Phi) is 3.61. The topological polar surface area (TPSA) is 29.5 Å². The standard InChI is InChI=1S/C19H16O2/c1-21-17-10-11-18(19(20)13-17)16-9-5-8-15(12-16)14-6-3-2-4-7-14/h2-13,20H,1H3. The van der Waals surface area contributed by atoms with E-state index >= 15 is 0 Å². The van der Waals surface area contributed by atoms with Crippen molar-refractivity contribution < 1.29 is 9.84 Å². The molecule has 0 fully saturated rings. The van der Waals surface area contributed by atoms with Crippen LogP contribution in [0.4, 0.5) is 0 Å². The van der Waals surface area contributed by atoms with E-state index in [-0.39, 0.29) is 5.75 Å². The number of methoxy groups -OCH3 is 1. The van der Waals surface area contributed by atoms with Crippen molar-refractivity contribution in [2.45, 2.75) is 0 Å². The van der Waals surface area contributed by atoms with E-state index < -0.39 is 0 Å². The van der Waals surface area contributed by atoms with Crippen LogP contribution in [-0.2, 0) is 0 Å². The third kappa shape index (κ3) is 2.75. The van der Waals surface area contributed by atoms with Crippen molar-refractivity contribution in [3.63, 3.8) is 0 Å². The molecular formula is C19H16O2. The van der Waals surface area contributed by atoms with E-state index in [1.807, 2.05) is 42.5 Å². The molecule has 0 aliphatic rings. The second-order valence-electron chi connectivity index (χ2n) is 4.83. The number of hydrogen-bond donors (Lipinski definition) is 1. The molecule has 0 amide bonds. The Morgan fingerprint density at radius 3 is 2.14 bits per heavy atom. The van der Waals surface area contributed by atoms with Gasteiger partial charge in [-0.25, -0.2) is 0 Å². The summed E-state index contributed by atoms with van der Waals surface area (Å²) in [6, 6.07) is 23.7. The predicted molar refractivity (Wildman–Crippen MR) is 85.5 cm³/mol. The molecule has 0 bridgehead atoms. The van der Waals surface area contributed by atoms with Crippen LogP contribution in [0.2, 0.25) is 0 Å².